The molecule has 0 spiro atoms. The number of unbranched alkanes of at least 4 members (excludes halogenated alkanes) is 2. The largest absolute Gasteiger partial charge is 0.385 e. The Balaban J connectivity index is 1.75. The van der Waals surface area contributed by atoms with E-state index < -0.39 is 0 Å². The fourth-order valence-corrected chi connectivity index (χ4v) is 1.72. The Morgan fingerprint density at radius 2 is 2.29 bits per heavy atom. The van der Waals surface area contributed by atoms with Crippen LogP contribution in [-0.4, -0.2) is 40.0 Å². The molecular weight excluding hydrogens is 178 g/mol. The number of methoxy groups -OCH3 is 1. The molecular formula is C11H23NO2. The van der Waals surface area contributed by atoms with Crippen molar-refractivity contribution in [3.05, 3.63) is 0 Å². The van der Waals surface area contributed by atoms with Gasteiger partial charge < -0.3 is 14.8 Å². The molecule has 0 radical (unpaired) electrons. The van der Waals surface area contributed by atoms with E-state index in [1.54, 1.807) is 7.11 Å². The molecule has 0 aromatic carbocycles. The van der Waals surface area contributed by atoms with Gasteiger partial charge in [-0.3, -0.25) is 0 Å². The third-order valence-corrected chi connectivity index (χ3v) is 2.66. The molecule has 1 fully saturated rings. The van der Waals surface area contributed by atoms with Crippen molar-refractivity contribution >= 4 is 0 Å². The molecule has 1 atom stereocenters. The van der Waals surface area contributed by atoms with Crippen molar-refractivity contribution in [2.45, 2.75) is 25.7 Å². The summed E-state index contributed by atoms with van der Waals surface area (Å²) in [5.74, 6) is 0.758. The third kappa shape index (κ3) is 5.58. The standard InChI is InChI=1S/C11H23NO2/c1-13-7-4-2-3-6-12-9-11-5-8-14-10-11/h11-12H,2-10H2,1H3. The lowest BCUT2D eigenvalue weighted by Crippen LogP contribution is -2.24. The highest BCUT2D eigenvalue weighted by Gasteiger charge is 2.14. The summed E-state index contributed by atoms with van der Waals surface area (Å²) in [5, 5.41) is 3.48. The van der Waals surface area contributed by atoms with Crippen LogP contribution in [0.5, 0.6) is 0 Å². The van der Waals surface area contributed by atoms with Crippen molar-refractivity contribution in [1.82, 2.24) is 5.32 Å². The van der Waals surface area contributed by atoms with Crippen LogP contribution in [0.4, 0.5) is 0 Å². The molecule has 0 bridgehead atoms. The Hall–Kier alpha value is -0.120. The Bertz CT molecular complexity index is 124. The molecule has 84 valence electrons. The minimum Gasteiger partial charge on any atom is -0.385 e. The normalized spacial score (nSPS) is 21.6. The van der Waals surface area contributed by atoms with Crippen LogP contribution < -0.4 is 5.32 Å². The second-order valence-corrected chi connectivity index (χ2v) is 3.99. The Morgan fingerprint density at radius 1 is 1.36 bits per heavy atom. The molecule has 1 unspecified atom stereocenters. The van der Waals surface area contributed by atoms with E-state index in [-0.39, 0.29) is 0 Å². The SMILES string of the molecule is COCCCCCNCC1CCOC1. The van der Waals surface area contributed by atoms with Gasteiger partial charge in [0.2, 0.25) is 0 Å². The summed E-state index contributed by atoms with van der Waals surface area (Å²) in [6.45, 7) is 5.08. The van der Waals surface area contributed by atoms with Crippen LogP contribution in [0.25, 0.3) is 0 Å². The fraction of sp³-hybridized carbons (Fsp3) is 1.00. The van der Waals surface area contributed by atoms with Gasteiger partial charge in [0.1, 0.15) is 0 Å². The molecule has 1 aliphatic heterocycles. The van der Waals surface area contributed by atoms with Crippen LogP contribution in [-0.2, 0) is 9.47 Å². The predicted molar refractivity (Wildman–Crippen MR) is 57.5 cm³/mol. The number of hydrogen-bond donors (Lipinski definition) is 1. The van der Waals surface area contributed by atoms with Crippen LogP contribution >= 0.6 is 0 Å². The van der Waals surface area contributed by atoms with Crippen molar-refractivity contribution in [2.24, 2.45) is 5.92 Å². The average Bonchev–Trinajstić information content (AvgIpc) is 2.69. The van der Waals surface area contributed by atoms with E-state index in [9.17, 15) is 0 Å². The van der Waals surface area contributed by atoms with Crippen molar-refractivity contribution in [3.8, 4) is 0 Å². The number of hydrogen-bond acceptors (Lipinski definition) is 3. The first kappa shape index (κ1) is 12.0. The van der Waals surface area contributed by atoms with Crippen LogP contribution in [0.15, 0.2) is 0 Å². The summed E-state index contributed by atoms with van der Waals surface area (Å²) < 4.78 is 10.3. The second-order valence-electron chi connectivity index (χ2n) is 3.99. The zero-order valence-corrected chi connectivity index (χ0v) is 9.26. The zero-order chi connectivity index (χ0) is 10.1. The lowest BCUT2D eigenvalue weighted by molar-refractivity contribution is 0.185. The van der Waals surface area contributed by atoms with Crippen LogP contribution in [0, 0.1) is 5.92 Å². The van der Waals surface area contributed by atoms with E-state index in [0.29, 0.717) is 0 Å². The van der Waals surface area contributed by atoms with Crippen LogP contribution in [0.2, 0.25) is 0 Å². The Kier molecular flexibility index (Phi) is 7.01. The van der Waals surface area contributed by atoms with Crippen molar-refractivity contribution in [3.63, 3.8) is 0 Å². The highest BCUT2D eigenvalue weighted by Crippen LogP contribution is 2.10. The monoisotopic (exact) mass is 201 g/mol. The molecule has 1 saturated heterocycles. The smallest absolute Gasteiger partial charge is 0.0507 e. The van der Waals surface area contributed by atoms with E-state index in [1.807, 2.05) is 0 Å². The van der Waals surface area contributed by atoms with Crippen molar-refractivity contribution in [1.29, 1.82) is 0 Å². The van der Waals surface area contributed by atoms with Crippen molar-refractivity contribution < 1.29 is 9.47 Å². The van der Waals surface area contributed by atoms with E-state index in [4.69, 9.17) is 9.47 Å². The van der Waals surface area contributed by atoms with E-state index in [2.05, 4.69) is 5.32 Å². The van der Waals surface area contributed by atoms with Gasteiger partial charge in [0.15, 0.2) is 0 Å². The minimum absolute atomic E-state index is 0.758. The summed E-state index contributed by atoms with van der Waals surface area (Å²) in [4.78, 5) is 0. The van der Waals surface area contributed by atoms with E-state index >= 15 is 0 Å². The van der Waals surface area contributed by atoms with Gasteiger partial charge in [0.05, 0.1) is 6.61 Å². The molecule has 1 rings (SSSR count). The zero-order valence-electron chi connectivity index (χ0n) is 9.26. The highest BCUT2D eigenvalue weighted by molar-refractivity contribution is 4.66. The fourth-order valence-electron chi connectivity index (χ4n) is 1.72. The summed E-state index contributed by atoms with van der Waals surface area (Å²) >= 11 is 0. The van der Waals surface area contributed by atoms with Gasteiger partial charge >= 0.3 is 0 Å². The quantitative estimate of drug-likeness (QED) is 0.603. The summed E-state index contributed by atoms with van der Waals surface area (Å²) in [6.07, 6.45) is 4.94. The van der Waals surface area contributed by atoms with Gasteiger partial charge in [0.25, 0.3) is 0 Å². The first-order chi connectivity index (χ1) is 6.93. The Labute approximate surface area is 87.2 Å². The van der Waals surface area contributed by atoms with E-state index in [1.165, 1.54) is 25.7 Å². The van der Waals surface area contributed by atoms with E-state index in [0.717, 1.165) is 38.8 Å². The maximum Gasteiger partial charge on any atom is 0.0507 e. The molecule has 1 N–H and O–H groups in total. The van der Waals surface area contributed by atoms with Gasteiger partial charge in [0, 0.05) is 26.9 Å². The van der Waals surface area contributed by atoms with Gasteiger partial charge in [-0.05, 0) is 38.1 Å². The van der Waals surface area contributed by atoms with Gasteiger partial charge in [-0.15, -0.1) is 0 Å². The lowest BCUT2D eigenvalue weighted by Gasteiger charge is -2.08. The second kappa shape index (κ2) is 8.21. The first-order valence-electron chi connectivity index (χ1n) is 5.71. The third-order valence-electron chi connectivity index (χ3n) is 2.66. The first-order valence-corrected chi connectivity index (χ1v) is 5.71. The molecule has 1 heterocycles. The molecule has 0 aliphatic carbocycles. The van der Waals surface area contributed by atoms with Gasteiger partial charge in [-0.2, -0.15) is 0 Å². The minimum atomic E-state index is 0.758. The molecule has 0 aromatic rings. The maximum absolute atomic E-state index is 5.31. The van der Waals surface area contributed by atoms with Gasteiger partial charge in [-0.1, -0.05) is 0 Å². The molecule has 3 nitrogen and oxygen atoms in total. The van der Waals surface area contributed by atoms with Gasteiger partial charge in [-0.25, -0.2) is 0 Å². The molecule has 0 amide bonds. The molecule has 14 heavy (non-hydrogen) atoms. The Morgan fingerprint density at radius 3 is 3.00 bits per heavy atom. The number of ether oxygens (including phenoxy) is 2. The summed E-state index contributed by atoms with van der Waals surface area (Å²) in [6, 6.07) is 0. The molecule has 0 aromatic heterocycles. The summed E-state index contributed by atoms with van der Waals surface area (Å²) in [7, 11) is 1.76. The van der Waals surface area contributed by atoms with Crippen LogP contribution in [0.3, 0.4) is 0 Å². The topological polar surface area (TPSA) is 30.5 Å². The number of rotatable bonds is 8. The van der Waals surface area contributed by atoms with Crippen LogP contribution in [0.1, 0.15) is 25.7 Å². The molecule has 0 saturated carbocycles. The van der Waals surface area contributed by atoms with Crippen molar-refractivity contribution in [2.75, 3.05) is 40.0 Å². The maximum atomic E-state index is 5.31. The average molecular weight is 201 g/mol. The summed E-state index contributed by atoms with van der Waals surface area (Å²) in [5.41, 5.74) is 0. The lowest BCUT2D eigenvalue weighted by atomic mass is 10.1. The molecule has 1 aliphatic rings. The molecule has 3 heteroatoms. The highest BCUT2D eigenvalue weighted by atomic mass is 16.5. The number of nitrogens with one attached hydrogen (secondary N) is 1. The predicted octanol–water partition coefficient (Wildman–Crippen LogP) is 1.43.